The average molecular weight is 267 g/mol. The minimum absolute atomic E-state index is 0.336. The molecule has 1 heterocycles. The highest BCUT2D eigenvalue weighted by atomic mass is 35.5. The Morgan fingerprint density at radius 3 is 2.78 bits per heavy atom. The maximum atomic E-state index is 13.1. The number of nitrogens with two attached hydrogens (primary N) is 1. The molecule has 0 spiro atoms. The summed E-state index contributed by atoms with van der Waals surface area (Å²) < 4.78 is 15.1. The second-order valence-corrected chi connectivity index (χ2v) is 4.78. The second-order valence-electron chi connectivity index (χ2n) is 4.37. The van der Waals surface area contributed by atoms with Crippen LogP contribution in [0.25, 0.3) is 11.4 Å². The first-order valence-electron chi connectivity index (χ1n) is 5.80. The van der Waals surface area contributed by atoms with Gasteiger partial charge < -0.3 is 10.3 Å². The van der Waals surface area contributed by atoms with Crippen molar-refractivity contribution < 1.29 is 4.39 Å². The fourth-order valence-electron chi connectivity index (χ4n) is 2.03. The number of hydrogen-bond acceptors (Lipinski definition) is 3. The van der Waals surface area contributed by atoms with Crippen molar-refractivity contribution in [2.75, 3.05) is 0 Å². The van der Waals surface area contributed by atoms with Crippen LogP contribution in [-0.4, -0.2) is 14.8 Å². The van der Waals surface area contributed by atoms with E-state index in [9.17, 15) is 4.39 Å². The predicted octanol–water partition coefficient (Wildman–Crippen LogP) is 2.53. The van der Waals surface area contributed by atoms with E-state index in [4.69, 9.17) is 17.3 Å². The molecule has 4 nitrogen and oxygen atoms in total. The van der Waals surface area contributed by atoms with Crippen molar-refractivity contribution in [1.82, 2.24) is 14.8 Å². The van der Waals surface area contributed by atoms with Crippen LogP contribution < -0.4 is 5.73 Å². The normalized spacial score (nSPS) is 15.1. The van der Waals surface area contributed by atoms with Crippen LogP contribution in [0.3, 0.4) is 0 Å². The first-order chi connectivity index (χ1) is 8.70. The fraction of sp³-hybridized carbons (Fsp3) is 0.333. The summed E-state index contributed by atoms with van der Waals surface area (Å²) in [7, 11) is 0. The van der Waals surface area contributed by atoms with Crippen LogP contribution in [0.5, 0.6) is 0 Å². The lowest BCUT2D eigenvalue weighted by Crippen LogP contribution is -2.08. The van der Waals surface area contributed by atoms with Gasteiger partial charge in [-0.3, -0.25) is 0 Å². The van der Waals surface area contributed by atoms with E-state index in [1.54, 1.807) is 6.07 Å². The Morgan fingerprint density at radius 2 is 2.17 bits per heavy atom. The largest absolute Gasteiger partial charge is 0.324 e. The summed E-state index contributed by atoms with van der Waals surface area (Å²) in [5.74, 6) is 1.05. The summed E-state index contributed by atoms with van der Waals surface area (Å²) in [6.45, 7) is 0.336. The molecule has 6 heteroatoms. The van der Waals surface area contributed by atoms with Crippen LogP contribution in [0, 0.1) is 5.82 Å². The molecule has 1 aromatic carbocycles. The maximum Gasteiger partial charge on any atom is 0.165 e. The Bertz CT molecular complexity index is 592. The van der Waals surface area contributed by atoms with Crippen LogP contribution >= 0.6 is 11.6 Å². The van der Waals surface area contributed by atoms with Crippen molar-refractivity contribution in [3.63, 3.8) is 0 Å². The Hall–Kier alpha value is -1.46. The van der Waals surface area contributed by atoms with Crippen LogP contribution in [0.4, 0.5) is 4.39 Å². The van der Waals surface area contributed by atoms with Crippen LogP contribution in [0.2, 0.25) is 5.02 Å². The van der Waals surface area contributed by atoms with Crippen LogP contribution in [0.15, 0.2) is 18.2 Å². The molecule has 0 radical (unpaired) electrons. The third kappa shape index (κ3) is 1.89. The predicted molar refractivity (Wildman–Crippen MR) is 66.6 cm³/mol. The number of rotatable bonds is 3. The summed E-state index contributed by atoms with van der Waals surface area (Å²) in [4.78, 5) is 0. The van der Waals surface area contributed by atoms with Gasteiger partial charge in [-0.1, -0.05) is 11.6 Å². The quantitative estimate of drug-likeness (QED) is 0.929. The van der Waals surface area contributed by atoms with E-state index in [-0.39, 0.29) is 5.82 Å². The van der Waals surface area contributed by atoms with E-state index >= 15 is 0 Å². The summed E-state index contributed by atoms with van der Waals surface area (Å²) in [5.41, 5.74) is 6.35. The zero-order valence-electron chi connectivity index (χ0n) is 9.61. The SMILES string of the molecule is NCc1nnc(-c2ccc(F)cc2Cl)n1C1CC1. The van der Waals surface area contributed by atoms with Gasteiger partial charge in [-0.25, -0.2) is 4.39 Å². The molecule has 1 saturated carbocycles. The van der Waals surface area contributed by atoms with Gasteiger partial charge in [-0.05, 0) is 31.0 Å². The van der Waals surface area contributed by atoms with Gasteiger partial charge in [-0.2, -0.15) is 0 Å². The van der Waals surface area contributed by atoms with Crippen molar-refractivity contribution in [2.24, 2.45) is 5.73 Å². The highest BCUT2D eigenvalue weighted by Crippen LogP contribution is 2.40. The van der Waals surface area contributed by atoms with Gasteiger partial charge >= 0.3 is 0 Å². The Balaban J connectivity index is 2.13. The molecule has 0 atom stereocenters. The molecule has 0 amide bonds. The number of hydrogen-bond donors (Lipinski definition) is 1. The van der Waals surface area contributed by atoms with Crippen LogP contribution in [-0.2, 0) is 6.54 Å². The van der Waals surface area contributed by atoms with E-state index in [2.05, 4.69) is 10.2 Å². The molecule has 0 bridgehead atoms. The van der Waals surface area contributed by atoms with Gasteiger partial charge in [0.1, 0.15) is 11.6 Å². The Morgan fingerprint density at radius 1 is 1.39 bits per heavy atom. The van der Waals surface area contributed by atoms with E-state index in [1.807, 2.05) is 4.57 Å². The topological polar surface area (TPSA) is 56.7 Å². The smallest absolute Gasteiger partial charge is 0.165 e. The van der Waals surface area contributed by atoms with E-state index < -0.39 is 0 Å². The molecule has 1 fully saturated rings. The maximum absolute atomic E-state index is 13.1. The highest BCUT2D eigenvalue weighted by Gasteiger charge is 2.30. The lowest BCUT2D eigenvalue weighted by Gasteiger charge is -2.09. The van der Waals surface area contributed by atoms with Crippen molar-refractivity contribution in [2.45, 2.75) is 25.4 Å². The molecular formula is C12H12ClFN4. The monoisotopic (exact) mass is 266 g/mol. The van der Waals surface area contributed by atoms with Crippen LogP contribution in [0.1, 0.15) is 24.7 Å². The molecule has 0 unspecified atom stereocenters. The molecule has 0 aliphatic heterocycles. The zero-order valence-corrected chi connectivity index (χ0v) is 10.4. The highest BCUT2D eigenvalue weighted by molar-refractivity contribution is 6.33. The summed E-state index contributed by atoms with van der Waals surface area (Å²) >= 11 is 6.06. The van der Waals surface area contributed by atoms with E-state index in [0.717, 1.165) is 18.7 Å². The number of halogens is 2. The standard InChI is InChI=1S/C12H12ClFN4/c13-10-5-7(14)1-4-9(10)12-17-16-11(6-15)18(12)8-2-3-8/h1,4-5,8H,2-3,6,15H2. The molecule has 94 valence electrons. The lowest BCUT2D eigenvalue weighted by molar-refractivity contribution is 0.628. The minimum atomic E-state index is -0.361. The van der Waals surface area contributed by atoms with Gasteiger partial charge in [0.2, 0.25) is 0 Å². The molecule has 1 aromatic heterocycles. The molecular weight excluding hydrogens is 255 g/mol. The van der Waals surface area contributed by atoms with Crippen molar-refractivity contribution in [1.29, 1.82) is 0 Å². The minimum Gasteiger partial charge on any atom is -0.324 e. The third-order valence-corrected chi connectivity index (χ3v) is 3.35. The van der Waals surface area contributed by atoms with Crippen molar-refractivity contribution >= 4 is 11.6 Å². The summed E-state index contributed by atoms with van der Waals surface area (Å²) in [6, 6.07) is 4.68. The Labute approximate surface area is 109 Å². The molecule has 3 rings (SSSR count). The van der Waals surface area contributed by atoms with Crippen molar-refractivity contribution in [3.8, 4) is 11.4 Å². The van der Waals surface area contributed by atoms with Gasteiger partial charge in [0.25, 0.3) is 0 Å². The molecule has 2 aromatic rings. The van der Waals surface area contributed by atoms with Gasteiger partial charge in [0.15, 0.2) is 5.82 Å². The molecule has 1 aliphatic rings. The third-order valence-electron chi connectivity index (χ3n) is 3.03. The van der Waals surface area contributed by atoms with E-state index in [1.165, 1.54) is 12.1 Å². The summed E-state index contributed by atoms with van der Waals surface area (Å²) in [5, 5.41) is 8.55. The fourth-order valence-corrected chi connectivity index (χ4v) is 2.29. The average Bonchev–Trinajstić information content (AvgIpc) is 3.09. The lowest BCUT2D eigenvalue weighted by atomic mass is 10.2. The molecule has 1 aliphatic carbocycles. The second kappa shape index (κ2) is 4.33. The Kier molecular flexibility index (Phi) is 2.80. The van der Waals surface area contributed by atoms with E-state index in [0.29, 0.717) is 29.0 Å². The summed E-state index contributed by atoms with van der Waals surface area (Å²) in [6.07, 6.45) is 2.19. The zero-order chi connectivity index (χ0) is 12.7. The first kappa shape index (κ1) is 11.6. The molecule has 0 saturated heterocycles. The molecule has 2 N–H and O–H groups in total. The number of aromatic nitrogens is 3. The molecule has 18 heavy (non-hydrogen) atoms. The number of benzene rings is 1. The first-order valence-corrected chi connectivity index (χ1v) is 6.17. The van der Waals surface area contributed by atoms with Crippen molar-refractivity contribution in [3.05, 3.63) is 34.9 Å². The van der Waals surface area contributed by atoms with Gasteiger partial charge in [0, 0.05) is 11.6 Å². The number of nitrogens with zero attached hydrogens (tertiary/aromatic N) is 3. The van der Waals surface area contributed by atoms with Gasteiger partial charge in [0.05, 0.1) is 11.6 Å². The van der Waals surface area contributed by atoms with Gasteiger partial charge in [-0.15, -0.1) is 10.2 Å².